The molecule has 0 saturated carbocycles. The lowest BCUT2D eigenvalue weighted by molar-refractivity contribution is -0.119. The molecule has 2 aromatic rings. The fourth-order valence-electron chi connectivity index (χ4n) is 3.83. The van der Waals surface area contributed by atoms with Crippen LogP contribution >= 0.6 is 23.2 Å². The van der Waals surface area contributed by atoms with Crippen LogP contribution in [0.15, 0.2) is 42.5 Å². The van der Waals surface area contributed by atoms with Crippen LogP contribution in [0.4, 0.5) is 5.69 Å². The molecule has 0 N–H and O–H groups in total. The van der Waals surface area contributed by atoms with E-state index in [1.165, 1.54) is 0 Å². The van der Waals surface area contributed by atoms with Crippen molar-refractivity contribution in [1.29, 1.82) is 0 Å². The van der Waals surface area contributed by atoms with Gasteiger partial charge in [-0.15, -0.1) is 0 Å². The molecule has 130 valence electrons. The number of hydrogen-bond donors (Lipinski definition) is 0. The van der Waals surface area contributed by atoms with Crippen LogP contribution in [0.25, 0.3) is 0 Å². The van der Waals surface area contributed by atoms with Crippen molar-refractivity contribution in [3.63, 3.8) is 0 Å². The Bertz CT molecular complexity index is 810. The molecule has 4 nitrogen and oxygen atoms in total. The maximum atomic E-state index is 13.1. The molecule has 2 aliphatic heterocycles. The SMILES string of the molecule is COc1ccc(N2C(=O)[C@@H]3CCCN3[C@H]2c2ccc(Cl)cc2)cc1Cl. The molecule has 0 radical (unpaired) electrons. The van der Waals surface area contributed by atoms with Crippen molar-refractivity contribution in [3.8, 4) is 5.75 Å². The average molecular weight is 377 g/mol. The van der Waals surface area contributed by atoms with E-state index in [1.54, 1.807) is 19.2 Å². The number of methoxy groups -OCH3 is 1. The number of carbonyl (C=O) groups is 1. The molecule has 2 aromatic carbocycles. The van der Waals surface area contributed by atoms with Gasteiger partial charge in [-0.2, -0.15) is 0 Å². The van der Waals surface area contributed by atoms with Crippen molar-refractivity contribution < 1.29 is 9.53 Å². The molecule has 1 amide bonds. The second kappa shape index (κ2) is 6.52. The third-order valence-corrected chi connectivity index (χ3v) is 5.50. The number of carbonyl (C=O) groups excluding carboxylic acids is 1. The van der Waals surface area contributed by atoms with Crippen molar-refractivity contribution in [2.45, 2.75) is 25.0 Å². The minimum absolute atomic E-state index is 0.0680. The Morgan fingerprint density at radius 1 is 1.12 bits per heavy atom. The van der Waals surface area contributed by atoms with Crippen LogP contribution in [0.1, 0.15) is 24.6 Å². The fourth-order valence-corrected chi connectivity index (χ4v) is 4.20. The van der Waals surface area contributed by atoms with Gasteiger partial charge in [0.15, 0.2) is 0 Å². The highest BCUT2D eigenvalue weighted by molar-refractivity contribution is 6.32. The molecule has 0 bridgehead atoms. The number of anilines is 1. The lowest BCUT2D eigenvalue weighted by atomic mass is 10.1. The minimum atomic E-state index is -0.137. The highest BCUT2D eigenvalue weighted by atomic mass is 35.5. The first-order valence-electron chi connectivity index (χ1n) is 8.28. The summed E-state index contributed by atoms with van der Waals surface area (Å²) in [4.78, 5) is 17.2. The van der Waals surface area contributed by atoms with Crippen LogP contribution < -0.4 is 9.64 Å². The zero-order valence-corrected chi connectivity index (χ0v) is 15.3. The monoisotopic (exact) mass is 376 g/mol. The van der Waals surface area contributed by atoms with E-state index in [0.29, 0.717) is 15.8 Å². The molecule has 4 rings (SSSR count). The predicted octanol–water partition coefficient (Wildman–Crippen LogP) is 4.51. The molecular formula is C19H18Cl2N2O2. The van der Waals surface area contributed by atoms with E-state index in [0.717, 1.165) is 30.6 Å². The van der Waals surface area contributed by atoms with Crippen molar-refractivity contribution in [2.24, 2.45) is 0 Å². The van der Waals surface area contributed by atoms with Crippen molar-refractivity contribution in [3.05, 3.63) is 58.1 Å². The van der Waals surface area contributed by atoms with Crippen LogP contribution in [0, 0.1) is 0 Å². The smallest absolute Gasteiger partial charge is 0.246 e. The summed E-state index contributed by atoms with van der Waals surface area (Å²) in [6, 6.07) is 13.1. The van der Waals surface area contributed by atoms with E-state index in [2.05, 4.69) is 4.90 Å². The summed E-state index contributed by atoms with van der Waals surface area (Å²) in [5.74, 6) is 0.722. The van der Waals surface area contributed by atoms with Gasteiger partial charge in [0, 0.05) is 17.3 Å². The van der Waals surface area contributed by atoms with E-state index < -0.39 is 0 Å². The first-order valence-corrected chi connectivity index (χ1v) is 9.03. The van der Waals surface area contributed by atoms with Crippen LogP contribution in [0.3, 0.4) is 0 Å². The second-order valence-electron chi connectivity index (χ2n) is 6.35. The minimum Gasteiger partial charge on any atom is -0.495 e. The van der Waals surface area contributed by atoms with Crippen LogP contribution in [0.5, 0.6) is 5.75 Å². The zero-order valence-electron chi connectivity index (χ0n) is 13.8. The molecule has 2 aliphatic rings. The summed E-state index contributed by atoms with van der Waals surface area (Å²) in [7, 11) is 1.58. The molecule has 0 spiro atoms. The van der Waals surface area contributed by atoms with E-state index >= 15 is 0 Å². The van der Waals surface area contributed by atoms with E-state index in [4.69, 9.17) is 27.9 Å². The largest absolute Gasteiger partial charge is 0.495 e. The number of hydrogen-bond acceptors (Lipinski definition) is 3. The van der Waals surface area contributed by atoms with Crippen LogP contribution in [-0.4, -0.2) is 30.5 Å². The fraction of sp³-hybridized carbons (Fsp3) is 0.316. The van der Waals surface area contributed by atoms with Gasteiger partial charge in [-0.25, -0.2) is 0 Å². The average Bonchev–Trinajstić information content (AvgIpc) is 3.18. The summed E-state index contributed by atoms with van der Waals surface area (Å²) in [5.41, 5.74) is 1.83. The van der Waals surface area contributed by atoms with Crippen LogP contribution in [-0.2, 0) is 4.79 Å². The molecule has 0 unspecified atom stereocenters. The zero-order chi connectivity index (χ0) is 17.6. The van der Waals surface area contributed by atoms with Gasteiger partial charge >= 0.3 is 0 Å². The molecule has 2 atom stereocenters. The Balaban J connectivity index is 1.79. The van der Waals surface area contributed by atoms with Gasteiger partial charge in [-0.1, -0.05) is 35.3 Å². The highest BCUT2D eigenvalue weighted by Gasteiger charge is 2.49. The lowest BCUT2D eigenvalue weighted by Crippen LogP contribution is -2.32. The Labute approximate surface area is 156 Å². The Morgan fingerprint density at radius 2 is 1.88 bits per heavy atom. The van der Waals surface area contributed by atoms with Gasteiger partial charge in [0.1, 0.15) is 11.9 Å². The number of fused-ring (bicyclic) bond motifs is 1. The van der Waals surface area contributed by atoms with Gasteiger partial charge in [-0.3, -0.25) is 14.6 Å². The Morgan fingerprint density at radius 3 is 2.56 bits per heavy atom. The van der Waals surface area contributed by atoms with Gasteiger partial charge in [0.05, 0.1) is 18.2 Å². The van der Waals surface area contributed by atoms with E-state index in [-0.39, 0.29) is 18.1 Å². The number of benzene rings is 2. The number of ether oxygens (including phenoxy) is 1. The Kier molecular flexibility index (Phi) is 4.36. The third-order valence-electron chi connectivity index (χ3n) is 4.96. The van der Waals surface area contributed by atoms with Crippen molar-refractivity contribution in [2.75, 3.05) is 18.6 Å². The molecule has 2 fully saturated rings. The number of nitrogens with zero attached hydrogens (tertiary/aromatic N) is 2. The number of rotatable bonds is 3. The highest BCUT2D eigenvalue weighted by Crippen LogP contribution is 2.43. The van der Waals surface area contributed by atoms with Gasteiger partial charge in [-0.05, 0) is 48.7 Å². The molecular weight excluding hydrogens is 359 g/mol. The normalized spacial score (nSPS) is 23.2. The topological polar surface area (TPSA) is 32.8 Å². The molecule has 6 heteroatoms. The standard InChI is InChI=1S/C19H18Cl2N2O2/c1-25-17-9-8-14(11-15(17)21)23-18(12-4-6-13(20)7-5-12)22-10-2-3-16(22)19(23)24/h4-9,11,16,18H,2-3,10H2,1H3/t16-,18+/m0/s1. The molecule has 0 aromatic heterocycles. The molecule has 0 aliphatic carbocycles. The van der Waals surface area contributed by atoms with Crippen molar-refractivity contribution in [1.82, 2.24) is 4.90 Å². The van der Waals surface area contributed by atoms with Crippen molar-refractivity contribution >= 4 is 34.8 Å². The number of amides is 1. The number of halogens is 2. The predicted molar refractivity (Wildman–Crippen MR) is 99.4 cm³/mol. The first kappa shape index (κ1) is 16.7. The maximum absolute atomic E-state index is 13.1. The quantitative estimate of drug-likeness (QED) is 0.789. The maximum Gasteiger partial charge on any atom is 0.246 e. The van der Waals surface area contributed by atoms with E-state index in [9.17, 15) is 4.79 Å². The summed E-state index contributed by atoms with van der Waals surface area (Å²) in [5, 5.41) is 1.18. The third kappa shape index (κ3) is 2.78. The Hall–Kier alpha value is -1.75. The summed E-state index contributed by atoms with van der Waals surface area (Å²) >= 11 is 12.3. The molecule has 25 heavy (non-hydrogen) atoms. The van der Waals surface area contributed by atoms with Gasteiger partial charge in [0.25, 0.3) is 0 Å². The summed E-state index contributed by atoms with van der Waals surface area (Å²) < 4.78 is 5.23. The molecule has 2 heterocycles. The van der Waals surface area contributed by atoms with Gasteiger partial charge in [0.2, 0.25) is 5.91 Å². The first-order chi connectivity index (χ1) is 12.1. The second-order valence-corrected chi connectivity index (χ2v) is 7.19. The summed E-state index contributed by atoms with van der Waals surface area (Å²) in [6.45, 7) is 0.907. The van der Waals surface area contributed by atoms with E-state index in [1.807, 2.05) is 35.2 Å². The molecule has 2 saturated heterocycles. The van der Waals surface area contributed by atoms with Gasteiger partial charge < -0.3 is 4.74 Å². The lowest BCUT2D eigenvalue weighted by Gasteiger charge is -2.30. The van der Waals surface area contributed by atoms with Crippen LogP contribution in [0.2, 0.25) is 10.0 Å². The summed E-state index contributed by atoms with van der Waals surface area (Å²) in [6.07, 6.45) is 1.79.